The Morgan fingerprint density at radius 1 is 1.25 bits per heavy atom. The van der Waals surface area contributed by atoms with E-state index in [1.54, 1.807) is 6.07 Å². The fraction of sp³-hybridized carbons (Fsp3) is 0.500. The summed E-state index contributed by atoms with van der Waals surface area (Å²) < 4.78 is 40.2. The van der Waals surface area contributed by atoms with Gasteiger partial charge in [-0.1, -0.05) is 30.5 Å². The van der Waals surface area contributed by atoms with E-state index >= 15 is 0 Å². The number of halogens is 4. The predicted octanol–water partition coefficient (Wildman–Crippen LogP) is 4.15. The Bertz CT molecular complexity index is 546. The quantitative estimate of drug-likeness (QED) is 0.892. The Kier molecular flexibility index (Phi) is 3.99. The predicted molar refractivity (Wildman–Crippen MR) is 68.1 cm³/mol. The van der Waals surface area contributed by atoms with Crippen LogP contribution in [0.4, 0.5) is 13.2 Å². The van der Waals surface area contributed by atoms with E-state index in [9.17, 15) is 18.3 Å². The lowest BCUT2D eigenvalue weighted by atomic mass is 9.79. The van der Waals surface area contributed by atoms with Crippen molar-refractivity contribution in [1.29, 1.82) is 5.26 Å². The minimum atomic E-state index is -4.78. The number of hydrogen-bond donors (Lipinski definition) is 1. The summed E-state index contributed by atoms with van der Waals surface area (Å²) in [6.45, 7) is 0. The van der Waals surface area contributed by atoms with Crippen LogP contribution in [0.2, 0.25) is 5.02 Å². The Hall–Kier alpha value is -1.25. The Morgan fingerprint density at radius 2 is 1.85 bits per heavy atom. The first kappa shape index (κ1) is 15.1. The summed E-state index contributed by atoms with van der Waals surface area (Å²) in [4.78, 5) is 0. The molecule has 1 N–H and O–H groups in total. The third kappa shape index (κ3) is 2.38. The van der Waals surface area contributed by atoms with Gasteiger partial charge in [-0.25, -0.2) is 0 Å². The van der Waals surface area contributed by atoms with E-state index in [-0.39, 0.29) is 16.1 Å². The van der Waals surface area contributed by atoms with Gasteiger partial charge in [0, 0.05) is 5.92 Å². The second-order valence-electron chi connectivity index (χ2n) is 5.05. The van der Waals surface area contributed by atoms with E-state index in [0.717, 1.165) is 12.1 Å². The molecule has 2 nitrogen and oxygen atoms in total. The molecular weight excluding hydrogens is 291 g/mol. The smallest absolute Gasteiger partial charge is 0.376 e. The van der Waals surface area contributed by atoms with Gasteiger partial charge in [-0.05, 0) is 30.5 Å². The average molecular weight is 304 g/mol. The lowest BCUT2D eigenvalue weighted by Crippen LogP contribution is -2.47. The maximum absolute atomic E-state index is 13.4. The van der Waals surface area contributed by atoms with Crippen molar-refractivity contribution in [2.24, 2.45) is 5.92 Å². The lowest BCUT2D eigenvalue weighted by Gasteiger charge is -2.36. The first-order valence-electron chi connectivity index (χ1n) is 6.30. The van der Waals surface area contributed by atoms with E-state index in [0.29, 0.717) is 25.7 Å². The molecule has 0 radical (unpaired) electrons. The van der Waals surface area contributed by atoms with Crippen molar-refractivity contribution >= 4 is 11.6 Å². The molecule has 20 heavy (non-hydrogen) atoms. The molecule has 0 heterocycles. The standard InChI is InChI=1S/C14H13ClF3NO/c15-12-7-11(6-5-9(12)8-19)13(20,14(16,17)18)10-3-1-2-4-10/h5-7,10,20H,1-4H2. The number of aliphatic hydroxyl groups is 1. The molecule has 0 bridgehead atoms. The minimum absolute atomic E-state index is 0.0781. The first-order valence-corrected chi connectivity index (χ1v) is 6.67. The van der Waals surface area contributed by atoms with Gasteiger partial charge in [0.05, 0.1) is 10.6 Å². The van der Waals surface area contributed by atoms with Crippen LogP contribution in [0.15, 0.2) is 18.2 Å². The van der Waals surface area contributed by atoms with E-state index in [2.05, 4.69) is 0 Å². The van der Waals surface area contributed by atoms with Crippen molar-refractivity contribution in [3.63, 3.8) is 0 Å². The highest BCUT2D eigenvalue weighted by Gasteiger charge is 2.59. The number of benzene rings is 1. The van der Waals surface area contributed by atoms with Crippen molar-refractivity contribution in [3.8, 4) is 6.07 Å². The summed E-state index contributed by atoms with van der Waals surface area (Å²) in [6.07, 6.45) is -2.78. The number of nitrogens with zero attached hydrogens (tertiary/aromatic N) is 1. The molecule has 1 atom stereocenters. The number of hydrogen-bond acceptors (Lipinski definition) is 2. The molecule has 0 amide bonds. The van der Waals surface area contributed by atoms with Gasteiger partial charge in [0.15, 0.2) is 5.60 Å². The summed E-state index contributed by atoms with van der Waals surface area (Å²) in [7, 11) is 0. The van der Waals surface area contributed by atoms with Gasteiger partial charge < -0.3 is 5.11 Å². The second kappa shape index (κ2) is 5.27. The van der Waals surface area contributed by atoms with Crippen LogP contribution in [0.25, 0.3) is 0 Å². The van der Waals surface area contributed by atoms with Crippen LogP contribution in [0.1, 0.15) is 36.8 Å². The van der Waals surface area contributed by atoms with Crippen molar-refractivity contribution in [2.75, 3.05) is 0 Å². The largest absolute Gasteiger partial charge is 0.421 e. The third-order valence-corrected chi connectivity index (χ3v) is 4.22. The molecule has 1 aliphatic carbocycles. The van der Waals surface area contributed by atoms with E-state index in [1.807, 2.05) is 0 Å². The second-order valence-corrected chi connectivity index (χ2v) is 5.46. The van der Waals surface area contributed by atoms with Gasteiger partial charge in [0.25, 0.3) is 0 Å². The third-order valence-electron chi connectivity index (χ3n) is 3.91. The summed E-state index contributed by atoms with van der Waals surface area (Å²) in [6, 6.07) is 5.18. The van der Waals surface area contributed by atoms with Crippen LogP contribution in [-0.2, 0) is 5.60 Å². The van der Waals surface area contributed by atoms with E-state index in [4.69, 9.17) is 16.9 Å². The van der Waals surface area contributed by atoms with Crippen LogP contribution in [0.5, 0.6) is 0 Å². The first-order chi connectivity index (χ1) is 9.30. The zero-order valence-corrected chi connectivity index (χ0v) is 11.3. The molecule has 1 fully saturated rings. The molecule has 1 aromatic carbocycles. The zero-order chi connectivity index (χ0) is 15.0. The molecule has 108 valence electrons. The topological polar surface area (TPSA) is 44.0 Å². The summed E-state index contributed by atoms with van der Waals surface area (Å²) in [5, 5.41) is 19.0. The van der Waals surface area contributed by atoms with E-state index in [1.165, 1.54) is 6.07 Å². The van der Waals surface area contributed by atoms with Crippen molar-refractivity contribution in [3.05, 3.63) is 34.3 Å². The van der Waals surface area contributed by atoms with Gasteiger partial charge in [-0.2, -0.15) is 18.4 Å². The number of alkyl halides is 3. The van der Waals surface area contributed by atoms with Gasteiger partial charge >= 0.3 is 6.18 Å². The summed E-state index contributed by atoms with van der Waals surface area (Å²) in [5.41, 5.74) is -3.10. The maximum Gasteiger partial charge on any atom is 0.421 e. The van der Waals surface area contributed by atoms with E-state index < -0.39 is 17.7 Å². The maximum atomic E-state index is 13.4. The van der Waals surface area contributed by atoms with Crippen LogP contribution in [0, 0.1) is 17.2 Å². The van der Waals surface area contributed by atoms with Crippen molar-refractivity contribution in [2.45, 2.75) is 37.5 Å². The Morgan fingerprint density at radius 3 is 2.30 bits per heavy atom. The molecule has 1 aromatic rings. The molecule has 0 saturated heterocycles. The lowest BCUT2D eigenvalue weighted by molar-refractivity contribution is -0.286. The molecule has 2 rings (SSSR count). The Labute approximate surface area is 119 Å². The van der Waals surface area contributed by atoms with Gasteiger partial charge in [0.2, 0.25) is 0 Å². The van der Waals surface area contributed by atoms with Gasteiger partial charge in [0.1, 0.15) is 6.07 Å². The van der Waals surface area contributed by atoms with Crippen LogP contribution in [0.3, 0.4) is 0 Å². The highest BCUT2D eigenvalue weighted by atomic mass is 35.5. The van der Waals surface area contributed by atoms with Crippen molar-refractivity contribution in [1.82, 2.24) is 0 Å². The summed E-state index contributed by atoms with van der Waals surface area (Å²) >= 11 is 5.79. The molecule has 1 unspecified atom stereocenters. The van der Waals surface area contributed by atoms with Crippen LogP contribution < -0.4 is 0 Å². The zero-order valence-electron chi connectivity index (χ0n) is 10.5. The monoisotopic (exact) mass is 303 g/mol. The van der Waals surface area contributed by atoms with Crippen LogP contribution in [-0.4, -0.2) is 11.3 Å². The molecule has 0 aliphatic heterocycles. The number of rotatable bonds is 2. The van der Waals surface area contributed by atoms with Crippen LogP contribution >= 0.6 is 11.6 Å². The normalized spacial score (nSPS) is 19.6. The SMILES string of the molecule is N#Cc1ccc(C(O)(C2CCCC2)C(F)(F)F)cc1Cl. The molecule has 6 heteroatoms. The molecule has 0 spiro atoms. The highest BCUT2D eigenvalue weighted by Crippen LogP contribution is 2.50. The van der Waals surface area contributed by atoms with Crippen molar-refractivity contribution < 1.29 is 18.3 Å². The molecule has 1 saturated carbocycles. The van der Waals surface area contributed by atoms with Gasteiger partial charge in [-0.3, -0.25) is 0 Å². The molecule has 1 aliphatic rings. The fourth-order valence-electron chi connectivity index (χ4n) is 2.82. The average Bonchev–Trinajstić information content (AvgIpc) is 2.90. The number of nitriles is 1. The fourth-order valence-corrected chi connectivity index (χ4v) is 3.04. The Balaban J connectivity index is 2.52. The van der Waals surface area contributed by atoms with Gasteiger partial charge in [-0.15, -0.1) is 0 Å². The minimum Gasteiger partial charge on any atom is -0.376 e. The highest BCUT2D eigenvalue weighted by molar-refractivity contribution is 6.31. The molecular formula is C14H13ClF3NO. The molecule has 0 aromatic heterocycles. The summed E-state index contributed by atoms with van der Waals surface area (Å²) in [5.74, 6) is -0.869.